The van der Waals surface area contributed by atoms with Crippen LogP contribution >= 0.6 is 0 Å². The van der Waals surface area contributed by atoms with Gasteiger partial charge in [-0.05, 0) is 0 Å². The van der Waals surface area contributed by atoms with Crippen LogP contribution in [0.1, 0.15) is 5.82 Å². The number of methoxy groups -OCH3 is 1. The van der Waals surface area contributed by atoms with Gasteiger partial charge in [0.15, 0.2) is 5.82 Å². The largest absolute Gasteiger partial charge is 0.377 e. The second-order valence-corrected chi connectivity index (χ2v) is 4.00. The van der Waals surface area contributed by atoms with Gasteiger partial charge in [0.2, 0.25) is 11.8 Å². The number of nitrogens with zero attached hydrogens (tertiary/aromatic N) is 3. The van der Waals surface area contributed by atoms with E-state index in [2.05, 4.69) is 15.3 Å². The molecule has 0 aromatic carbocycles. The van der Waals surface area contributed by atoms with Gasteiger partial charge in [0.25, 0.3) is 0 Å². The Morgan fingerprint density at radius 3 is 2.35 bits per heavy atom. The Morgan fingerprint density at radius 2 is 1.90 bits per heavy atom. The Kier molecular flexibility index (Phi) is 5.66. The van der Waals surface area contributed by atoms with E-state index < -0.39 is 11.8 Å². The maximum absolute atomic E-state index is 11.1. The van der Waals surface area contributed by atoms with E-state index in [9.17, 15) is 9.59 Å². The monoisotopic (exact) mass is 282 g/mol. The summed E-state index contributed by atoms with van der Waals surface area (Å²) in [7, 11) is 3.20. The van der Waals surface area contributed by atoms with Gasteiger partial charge in [-0.3, -0.25) is 9.59 Å². The number of ether oxygens (including phenoxy) is 1. The maximum Gasteiger partial charge on any atom is 0.237 e. The van der Waals surface area contributed by atoms with Crippen molar-refractivity contribution in [2.24, 2.45) is 11.5 Å². The van der Waals surface area contributed by atoms with Gasteiger partial charge in [0.1, 0.15) is 18.2 Å². The van der Waals surface area contributed by atoms with Crippen LogP contribution in [0.4, 0.5) is 11.6 Å². The summed E-state index contributed by atoms with van der Waals surface area (Å²) in [5.74, 6) is 0.122. The van der Waals surface area contributed by atoms with E-state index in [1.54, 1.807) is 13.1 Å². The number of primary amides is 2. The fourth-order valence-electron chi connectivity index (χ4n) is 1.56. The molecule has 1 aromatic rings. The van der Waals surface area contributed by atoms with Crippen LogP contribution in [0.25, 0.3) is 0 Å². The maximum atomic E-state index is 11.1. The molecule has 2 amide bonds. The quantitative estimate of drug-likeness (QED) is 0.524. The first-order chi connectivity index (χ1) is 9.46. The van der Waals surface area contributed by atoms with E-state index in [4.69, 9.17) is 16.2 Å². The molecule has 0 saturated carbocycles. The highest BCUT2D eigenvalue weighted by atomic mass is 16.5. The number of aromatic nitrogens is 2. The molecule has 0 aliphatic carbocycles. The summed E-state index contributed by atoms with van der Waals surface area (Å²) >= 11 is 0. The third-order valence-corrected chi connectivity index (χ3v) is 2.31. The molecule has 1 heterocycles. The van der Waals surface area contributed by atoms with E-state index in [-0.39, 0.29) is 19.7 Å². The number of hydrogen-bond acceptors (Lipinski definition) is 7. The van der Waals surface area contributed by atoms with Crippen molar-refractivity contribution in [3.8, 4) is 0 Å². The smallest absolute Gasteiger partial charge is 0.237 e. The van der Waals surface area contributed by atoms with Gasteiger partial charge in [0, 0.05) is 20.2 Å². The van der Waals surface area contributed by atoms with Gasteiger partial charge < -0.3 is 26.4 Å². The van der Waals surface area contributed by atoms with Gasteiger partial charge >= 0.3 is 0 Å². The number of nitrogens with one attached hydrogen (secondary N) is 1. The molecule has 0 aliphatic rings. The summed E-state index contributed by atoms with van der Waals surface area (Å²) in [6.45, 7) is -0.144. The van der Waals surface area contributed by atoms with E-state index in [0.717, 1.165) is 0 Å². The topological polar surface area (TPSA) is 136 Å². The van der Waals surface area contributed by atoms with Crippen molar-refractivity contribution in [2.45, 2.75) is 6.61 Å². The lowest BCUT2D eigenvalue weighted by Crippen LogP contribution is -2.40. The van der Waals surface area contributed by atoms with E-state index >= 15 is 0 Å². The molecular weight excluding hydrogens is 264 g/mol. The molecular formula is C11H18N6O3. The Hall–Kier alpha value is -2.42. The van der Waals surface area contributed by atoms with Crippen LogP contribution in [0.2, 0.25) is 0 Å². The summed E-state index contributed by atoms with van der Waals surface area (Å²) in [6.07, 6.45) is 0. The molecule has 110 valence electrons. The number of anilines is 2. The molecule has 1 aromatic heterocycles. The molecule has 0 saturated heterocycles. The number of amides is 2. The first kappa shape index (κ1) is 15.6. The average Bonchev–Trinajstić information content (AvgIpc) is 2.37. The van der Waals surface area contributed by atoms with Crippen LogP contribution in [0.3, 0.4) is 0 Å². The minimum atomic E-state index is -0.593. The fraction of sp³-hybridized carbons (Fsp3) is 0.455. The van der Waals surface area contributed by atoms with E-state index in [1.807, 2.05) is 0 Å². The van der Waals surface area contributed by atoms with Crippen molar-refractivity contribution in [3.63, 3.8) is 0 Å². The van der Waals surface area contributed by atoms with Crippen molar-refractivity contribution in [1.82, 2.24) is 9.97 Å². The molecule has 0 aliphatic heterocycles. The van der Waals surface area contributed by atoms with Crippen LogP contribution in [-0.4, -0.2) is 49.0 Å². The minimum Gasteiger partial charge on any atom is -0.377 e. The van der Waals surface area contributed by atoms with Gasteiger partial charge in [0.05, 0.1) is 13.1 Å². The lowest BCUT2D eigenvalue weighted by atomic mass is 10.4. The standard InChI is InChI=1S/C11H18N6O3/c1-14-9-3-11(16-10(15-9)6-20-2)17(4-7(12)18)5-8(13)19/h3H,4-6H2,1-2H3,(H2,12,18)(H2,13,19)(H,14,15,16). The van der Waals surface area contributed by atoms with Gasteiger partial charge in [-0.25, -0.2) is 9.97 Å². The molecule has 0 radical (unpaired) electrons. The number of carbonyl (C=O) groups excluding carboxylic acids is 2. The van der Waals surface area contributed by atoms with Crippen molar-refractivity contribution >= 4 is 23.5 Å². The Bertz CT molecular complexity index is 477. The van der Waals surface area contributed by atoms with Crippen LogP contribution < -0.4 is 21.7 Å². The minimum absolute atomic E-state index is 0.171. The number of carbonyl (C=O) groups is 2. The van der Waals surface area contributed by atoms with Gasteiger partial charge in [-0.15, -0.1) is 0 Å². The third kappa shape index (κ3) is 4.69. The predicted molar refractivity (Wildman–Crippen MR) is 72.9 cm³/mol. The molecule has 1 rings (SSSR count). The predicted octanol–water partition coefficient (Wildman–Crippen LogP) is -1.56. The SMILES string of the molecule is CNc1cc(N(CC(N)=O)CC(N)=O)nc(COC)n1. The van der Waals surface area contributed by atoms with E-state index in [0.29, 0.717) is 17.5 Å². The summed E-state index contributed by atoms with van der Waals surface area (Å²) in [5.41, 5.74) is 10.3. The first-order valence-electron chi connectivity index (χ1n) is 5.82. The Labute approximate surface area is 116 Å². The van der Waals surface area contributed by atoms with Crippen LogP contribution in [-0.2, 0) is 20.9 Å². The normalized spacial score (nSPS) is 10.1. The molecule has 0 fully saturated rings. The summed E-state index contributed by atoms with van der Waals surface area (Å²) < 4.78 is 4.97. The van der Waals surface area contributed by atoms with Gasteiger partial charge in [-0.2, -0.15) is 0 Å². The molecule has 9 nitrogen and oxygen atoms in total. The molecule has 0 bridgehead atoms. The lowest BCUT2D eigenvalue weighted by Gasteiger charge is -2.21. The van der Waals surface area contributed by atoms with Crippen molar-refractivity contribution < 1.29 is 14.3 Å². The van der Waals surface area contributed by atoms with Crippen LogP contribution in [0, 0.1) is 0 Å². The highest BCUT2D eigenvalue weighted by Crippen LogP contribution is 2.16. The first-order valence-corrected chi connectivity index (χ1v) is 5.82. The lowest BCUT2D eigenvalue weighted by molar-refractivity contribution is -0.117. The second-order valence-electron chi connectivity index (χ2n) is 4.00. The Balaban J connectivity index is 3.12. The van der Waals surface area contributed by atoms with E-state index in [1.165, 1.54) is 12.0 Å². The van der Waals surface area contributed by atoms with Crippen molar-refractivity contribution in [1.29, 1.82) is 0 Å². The number of rotatable bonds is 8. The average molecular weight is 282 g/mol. The van der Waals surface area contributed by atoms with Crippen molar-refractivity contribution in [2.75, 3.05) is 37.5 Å². The zero-order valence-corrected chi connectivity index (χ0v) is 11.4. The van der Waals surface area contributed by atoms with Gasteiger partial charge in [-0.1, -0.05) is 0 Å². The highest BCUT2D eigenvalue weighted by Gasteiger charge is 2.15. The zero-order valence-electron chi connectivity index (χ0n) is 11.4. The molecule has 9 heteroatoms. The summed E-state index contributed by atoms with van der Waals surface area (Å²) in [5, 5.41) is 2.86. The Morgan fingerprint density at radius 1 is 1.30 bits per heavy atom. The van der Waals surface area contributed by atoms with Crippen molar-refractivity contribution in [3.05, 3.63) is 11.9 Å². The van der Waals surface area contributed by atoms with Crippen LogP contribution in [0.5, 0.6) is 0 Å². The number of hydrogen-bond donors (Lipinski definition) is 3. The third-order valence-electron chi connectivity index (χ3n) is 2.31. The zero-order chi connectivity index (χ0) is 15.1. The van der Waals surface area contributed by atoms with Crippen LogP contribution in [0.15, 0.2) is 6.07 Å². The summed E-state index contributed by atoms with van der Waals surface area (Å²) in [4.78, 5) is 31.9. The summed E-state index contributed by atoms with van der Waals surface area (Å²) in [6, 6.07) is 1.59. The molecule has 0 spiro atoms. The molecule has 20 heavy (non-hydrogen) atoms. The second kappa shape index (κ2) is 7.24. The number of nitrogens with two attached hydrogens (primary N) is 2. The molecule has 0 unspecified atom stereocenters. The molecule has 0 atom stereocenters. The fourth-order valence-corrected chi connectivity index (χ4v) is 1.56. The highest BCUT2D eigenvalue weighted by molar-refractivity contribution is 5.84. The molecule has 5 N–H and O–H groups in total.